The molecule has 15 heavy (non-hydrogen) atoms. The Morgan fingerprint density at radius 2 is 2.00 bits per heavy atom. The molecule has 1 N–H and O–H groups in total. The van der Waals surface area contributed by atoms with E-state index < -0.39 is 6.10 Å². The van der Waals surface area contributed by atoms with Crippen LogP contribution in [0.5, 0.6) is 0 Å². The lowest BCUT2D eigenvalue weighted by Crippen LogP contribution is -2.09. The molecule has 2 rings (SSSR count). The van der Waals surface area contributed by atoms with Crippen molar-refractivity contribution in [3.05, 3.63) is 35.4 Å². The van der Waals surface area contributed by atoms with Crippen molar-refractivity contribution in [3.8, 4) is 0 Å². The van der Waals surface area contributed by atoms with Gasteiger partial charge in [0, 0.05) is 7.11 Å². The molecular weight excluding hydrogens is 188 g/mol. The number of rotatable bonds is 4. The quantitative estimate of drug-likeness (QED) is 0.820. The van der Waals surface area contributed by atoms with Crippen LogP contribution in [-0.2, 0) is 4.74 Å². The molecule has 0 bridgehead atoms. The van der Waals surface area contributed by atoms with Crippen molar-refractivity contribution in [1.82, 2.24) is 0 Å². The SMILES string of the molecule is COCC(O)c1ccc(C2CCC2)cc1. The summed E-state index contributed by atoms with van der Waals surface area (Å²) >= 11 is 0. The molecule has 1 unspecified atom stereocenters. The first-order valence-corrected chi connectivity index (χ1v) is 5.58. The molecule has 1 atom stereocenters. The molecule has 0 aliphatic heterocycles. The van der Waals surface area contributed by atoms with Crippen LogP contribution in [0.15, 0.2) is 24.3 Å². The zero-order chi connectivity index (χ0) is 10.7. The van der Waals surface area contributed by atoms with Gasteiger partial charge in [-0.3, -0.25) is 0 Å². The van der Waals surface area contributed by atoms with Gasteiger partial charge in [0.25, 0.3) is 0 Å². The molecule has 1 aromatic carbocycles. The molecule has 1 aliphatic carbocycles. The standard InChI is InChI=1S/C13H18O2/c1-15-9-13(14)12-7-5-11(6-8-12)10-3-2-4-10/h5-8,10,13-14H,2-4,9H2,1H3. The second-order valence-corrected chi connectivity index (χ2v) is 4.27. The van der Waals surface area contributed by atoms with E-state index in [1.54, 1.807) is 7.11 Å². The van der Waals surface area contributed by atoms with E-state index in [0.717, 1.165) is 11.5 Å². The first kappa shape index (κ1) is 10.7. The molecule has 2 nitrogen and oxygen atoms in total. The topological polar surface area (TPSA) is 29.5 Å². The Kier molecular flexibility index (Phi) is 3.39. The van der Waals surface area contributed by atoms with Crippen LogP contribution in [0.3, 0.4) is 0 Å². The Morgan fingerprint density at radius 1 is 1.33 bits per heavy atom. The van der Waals surface area contributed by atoms with E-state index in [-0.39, 0.29) is 0 Å². The number of aliphatic hydroxyl groups is 1. The van der Waals surface area contributed by atoms with Crippen molar-refractivity contribution < 1.29 is 9.84 Å². The van der Waals surface area contributed by atoms with Gasteiger partial charge in [-0.25, -0.2) is 0 Å². The molecule has 82 valence electrons. The fraction of sp³-hybridized carbons (Fsp3) is 0.538. The lowest BCUT2D eigenvalue weighted by Gasteiger charge is -2.26. The highest BCUT2D eigenvalue weighted by molar-refractivity contribution is 5.27. The number of ether oxygens (including phenoxy) is 1. The van der Waals surface area contributed by atoms with Gasteiger partial charge in [-0.2, -0.15) is 0 Å². The summed E-state index contributed by atoms with van der Waals surface area (Å²) in [5.41, 5.74) is 2.36. The fourth-order valence-corrected chi connectivity index (χ4v) is 1.99. The maximum Gasteiger partial charge on any atom is 0.102 e. The maximum absolute atomic E-state index is 9.70. The van der Waals surface area contributed by atoms with E-state index in [1.807, 2.05) is 12.1 Å². The number of benzene rings is 1. The van der Waals surface area contributed by atoms with E-state index in [9.17, 15) is 5.11 Å². The normalized spacial score (nSPS) is 18.5. The molecule has 0 saturated heterocycles. The average molecular weight is 206 g/mol. The predicted molar refractivity (Wildman–Crippen MR) is 59.9 cm³/mol. The van der Waals surface area contributed by atoms with Crippen molar-refractivity contribution in [2.24, 2.45) is 0 Å². The third kappa shape index (κ3) is 2.39. The van der Waals surface area contributed by atoms with Crippen molar-refractivity contribution in [3.63, 3.8) is 0 Å². The number of aliphatic hydroxyl groups excluding tert-OH is 1. The van der Waals surface area contributed by atoms with E-state index in [2.05, 4.69) is 12.1 Å². The highest BCUT2D eigenvalue weighted by atomic mass is 16.5. The van der Waals surface area contributed by atoms with E-state index in [1.165, 1.54) is 24.8 Å². The van der Waals surface area contributed by atoms with Gasteiger partial charge in [0.15, 0.2) is 0 Å². The second-order valence-electron chi connectivity index (χ2n) is 4.27. The molecule has 0 radical (unpaired) electrons. The van der Waals surface area contributed by atoms with Gasteiger partial charge in [0.05, 0.1) is 6.61 Å². The minimum atomic E-state index is -0.495. The molecule has 1 fully saturated rings. The molecule has 1 aromatic rings. The highest BCUT2D eigenvalue weighted by Crippen LogP contribution is 2.36. The van der Waals surface area contributed by atoms with E-state index in [4.69, 9.17) is 4.74 Å². The molecule has 0 heterocycles. The van der Waals surface area contributed by atoms with Gasteiger partial charge < -0.3 is 9.84 Å². The van der Waals surface area contributed by atoms with Crippen molar-refractivity contribution in [1.29, 1.82) is 0 Å². The minimum absolute atomic E-state index is 0.364. The molecular formula is C13H18O2. The van der Waals surface area contributed by atoms with Gasteiger partial charge in [-0.15, -0.1) is 0 Å². The number of hydrogen-bond acceptors (Lipinski definition) is 2. The zero-order valence-corrected chi connectivity index (χ0v) is 9.15. The van der Waals surface area contributed by atoms with Gasteiger partial charge >= 0.3 is 0 Å². The summed E-state index contributed by atoms with van der Waals surface area (Å²) in [6.07, 6.45) is 3.50. The second kappa shape index (κ2) is 4.77. The summed E-state index contributed by atoms with van der Waals surface area (Å²) in [5, 5.41) is 9.70. The van der Waals surface area contributed by atoms with Crippen LogP contribution in [-0.4, -0.2) is 18.8 Å². The van der Waals surface area contributed by atoms with E-state index in [0.29, 0.717) is 6.61 Å². The summed E-state index contributed by atoms with van der Waals surface area (Å²) in [4.78, 5) is 0. The van der Waals surface area contributed by atoms with Crippen LogP contribution in [0.2, 0.25) is 0 Å². The van der Waals surface area contributed by atoms with Crippen molar-refractivity contribution in [2.45, 2.75) is 31.3 Å². The molecule has 0 aromatic heterocycles. The summed E-state index contributed by atoms with van der Waals surface area (Å²) in [7, 11) is 1.60. The lowest BCUT2D eigenvalue weighted by molar-refractivity contribution is 0.0644. The molecule has 2 heteroatoms. The molecule has 1 aliphatic rings. The maximum atomic E-state index is 9.70. The van der Waals surface area contributed by atoms with Crippen LogP contribution >= 0.6 is 0 Å². The summed E-state index contributed by atoms with van der Waals surface area (Å²) in [6.45, 7) is 0.364. The van der Waals surface area contributed by atoms with Gasteiger partial charge in [-0.1, -0.05) is 30.7 Å². The van der Waals surface area contributed by atoms with Gasteiger partial charge in [0.1, 0.15) is 6.10 Å². The van der Waals surface area contributed by atoms with Gasteiger partial charge in [-0.05, 0) is 29.9 Å². The summed E-state index contributed by atoms with van der Waals surface area (Å²) in [6, 6.07) is 8.30. The Bertz CT molecular complexity index is 301. The number of methoxy groups -OCH3 is 1. The predicted octanol–water partition coefficient (Wildman–Crippen LogP) is 2.63. The summed E-state index contributed by atoms with van der Waals surface area (Å²) in [5.74, 6) is 0.763. The molecule has 0 spiro atoms. The molecule has 0 amide bonds. The fourth-order valence-electron chi connectivity index (χ4n) is 1.99. The third-order valence-corrected chi connectivity index (χ3v) is 3.22. The van der Waals surface area contributed by atoms with Crippen LogP contribution < -0.4 is 0 Å². The Balaban J connectivity index is 2.02. The van der Waals surface area contributed by atoms with Crippen LogP contribution in [0.4, 0.5) is 0 Å². The Hall–Kier alpha value is -0.860. The first-order chi connectivity index (χ1) is 7.31. The van der Waals surface area contributed by atoms with E-state index >= 15 is 0 Å². The Labute approximate surface area is 90.9 Å². The average Bonchev–Trinajstić information content (AvgIpc) is 2.16. The molecule has 1 saturated carbocycles. The first-order valence-electron chi connectivity index (χ1n) is 5.58. The van der Waals surface area contributed by atoms with Crippen LogP contribution in [0.25, 0.3) is 0 Å². The highest BCUT2D eigenvalue weighted by Gasteiger charge is 2.19. The largest absolute Gasteiger partial charge is 0.386 e. The van der Waals surface area contributed by atoms with Crippen LogP contribution in [0.1, 0.15) is 42.4 Å². The van der Waals surface area contributed by atoms with Crippen molar-refractivity contribution in [2.75, 3.05) is 13.7 Å². The number of hydrogen-bond donors (Lipinski definition) is 1. The zero-order valence-electron chi connectivity index (χ0n) is 9.15. The monoisotopic (exact) mass is 206 g/mol. The summed E-state index contributed by atoms with van der Waals surface area (Å²) < 4.78 is 4.92. The smallest absolute Gasteiger partial charge is 0.102 e. The minimum Gasteiger partial charge on any atom is -0.386 e. The van der Waals surface area contributed by atoms with Crippen molar-refractivity contribution >= 4 is 0 Å². The third-order valence-electron chi connectivity index (χ3n) is 3.22. The van der Waals surface area contributed by atoms with Gasteiger partial charge in [0.2, 0.25) is 0 Å². The Morgan fingerprint density at radius 3 is 2.47 bits per heavy atom. The lowest BCUT2D eigenvalue weighted by atomic mass is 9.80. The van der Waals surface area contributed by atoms with Crippen LogP contribution in [0, 0.1) is 0 Å².